The molecule has 1 aromatic heterocycles. The van der Waals surface area contributed by atoms with Crippen molar-refractivity contribution in [3.63, 3.8) is 0 Å². The molecular weight excluding hydrogens is 276 g/mol. The molecule has 0 aliphatic heterocycles. The van der Waals surface area contributed by atoms with Gasteiger partial charge >= 0.3 is 0 Å². The number of para-hydroxylation sites is 1. The van der Waals surface area contributed by atoms with Gasteiger partial charge in [0.15, 0.2) is 5.69 Å². The third kappa shape index (κ3) is 3.39. The number of hydrogen-bond acceptors (Lipinski definition) is 5. The summed E-state index contributed by atoms with van der Waals surface area (Å²) in [4.78, 5) is 23.4. The van der Waals surface area contributed by atoms with Crippen molar-refractivity contribution in [1.82, 2.24) is 14.1 Å². The number of aryl methyl sites for hydroxylation is 2. The second-order valence-corrected chi connectivity index (χ2v) is 4.85. The van der Waals surface area contributed by atoms with Gasteiger partial charge in [-0.15, -0.1) is 0 Å². The normalized spacial score (nSPS) is 10.1. The highest BCUT2D eigenvalue weighted by Gasteiger charge is 2.11. The van der Waals surface area contributed by atoms with Gasteiger partial charge < -0.3 is 10.6 Å². The average molecular weight is 290 g/mol. The maximum Gasteiger partial charge on any atom is 0.273 e. The second kappa shape index (κ2) is 6.25. The van der Waals surface area contributed by atoms with E-state index >= 15 is 0 Å². The molecule has 0 saturated carbocycles. The van der Waals surface area contributed by atoms with Crippen LogP contribution in [0.4, 0.5) is 5.69 Å². The fraction of sp³-hybridized carbons (Fsp3) is 0.231. The number of nitrogens with zero attached hydrogens (tertiary/aromatic N) is 2. The van der Waals surface area contributed by atoms with Crippen molar-refractivity contribution in [1.29, 1.82) is 0 Å². The molecule has 2 N–H and O–H groups in total. The van der Waals surface area contributed by atoms with Gasteiger partial charge in [-0.3, -0.25) is 9.59 Å². The lowest BCUT2D eigenvalue weighted by molar-refractivity contribution is -0.115. The number of nitrogens with one attached hydrogen (secondary N) is 2. The molecule has 1 heterocycles. The smallest absolute Gasteiger partial charge is 0.273 e. The van der Waals surface area contributed by atoms with Gasteiger partial charge in [-0.2, -0.15) is 8.75 Å². The topological polar surface area (TPSA) is 84.0 Å². The number of aromatic nitrogens is 2. The van der Waals surface area contributed by atoms with Crippen LogP contribution in [0.3, 0.4) is 0 Å². The summed E-state index contributed by atoms with van der Waals surface area (Å²) in [5.74, 6) is -0.686. The van der Waals surface area contributed by atoms with E-state index in [1.807, 2.05) is 32.0 Å². The molecule has 20 heavy (non-hydrogen) atoms. The number of hydrogen-bond donors (Lipinski definition) is 2. The lowest BCUT2D eigenvalue weighted by atomic mass is 10.1. The van der Waals surface area contributed by atoms with Crippen LogP contribution in [-0.2, 0) is 4.79 Å². The standard InChI is InChI=1S/C13H14N4O2S/c1-8-4-3-5-9(2)12(8)16-11(18)7-14-13(19)10-6-15-20-17-10/h3-6H,7H2,1-2H3,(H,14,19)(H,16,18). The number of carbonyl (C=O) groups excluding carboxylic acids is 2. The molecule has 0 aliphatic carbocycles. The maximum atomic E-state index is 11.8. The molecule has 0 bridgehead atoms. The van der Waals surface area contributed by atoms with Crippen molar-refractivity contribution in [2.75, 3.05) is 11.9 Å². The molecule has 6 nitrogen and oxygen atoms in total. The molecule has 0 saturated heterocycles. The monoisotopic (exact) mass is 290 g/mol. The third-order valence-corrected chi connectivity index (χ3v) is 3.23. The summed E-state index contributed by atoms with van der Waals surface area (Å²) in [6, 6.07) is 5.77. The highest BCUT2D eigenvalue weighted by Crippen LogP contribution is 2.18. The summed E-state index contributed by atoms with van der Waals surface area (Å²) in [5.41, 5.74) is 2.96. The van der Waals surface area contributed by atoms with Gasteiger partial charge in [-0.05, 0) is 25.0 Å². The van der Waals surface area contributed by atoms with Crippen LogP contribution in [0.15, 0.2) is 24.4 Å². The van der Waals surface area contributed by atoms with Gasteiger partial charge in [0.1, 0.15) is 0 Å². The van der Waals surface area contributed by atoms with Crippen molar-refractivity contribution < 1.29 is 9.59 Å². The molecule has 0 unspecified atom stereocenters. The number of carbonyl (C=O) groups is 2. The molecule has 0 spiro atoms. The first-order valence-electron chi connectivity index (χ1n) is 6.00. The van der Waals surface area contributed by atoms with Crippen LogP contribution in [0.1, 0.15) is 21.6 Å². The Morgan fingerprint density at radius 3 is 2.55 bits per heavy atom. The largest absolute Gasteiger partial charge is 0.342 e. The van der Waals surface area contributed by atoms with E-state index in [0.717, 1.165) is 28.5 Å². The van der Waals surface area contributed by atoms with Gasteiger partial charge in [0, 0.05) is 5.69 Å². The van der Waals surface area contributed by atoms with Crippen LogP contribution in [0, 0.1) is 13.8 Å². The zero-order valence-electron chi connectivity index (χ0n) is 11.1. The van der Waals surface area contributed by atoms with E-state index in [4.69, 9.17) is 0 Å². The van der Waals surface area contributed by atoms with Crippen molar-refractivity contribution in [2.45, 2.75) is 13.8 Å². The number of rotatable bonds is 4. The first-order valence-corrected chi connectivity index (χ1v) is 6.73. The van der Waals surface area contributed by atoms with E-state index in [9.17, 15) is 9.59 Å². The molecule has 1 aromatic carbocycles. The molecule has 0 radical (unpaired) electrons. The van der Waals surface area contributed by atoms with E-state index < -0.39 is 5.91 Å². The molecule has 104 valence electrons. The SMILES string of the molecule is Cc1cccc(C)c1NC(=O)CNC(=O)c1cnsn1. The van der Waals surface area contributed by atoms with Gasteiger partial charge in [0.2, 0.25) is 5.91 Å². The second-order valence-electron chi connectivity index (χ2n) is 4.29. The summed E-state index contributed by atoms with van der Waals surface area (Å²) < 4.78 is 7.52. The van der Waals surface area contributed by atoms with E-state index in [1.54, 1.807) is 0 Å². The summed E-state index contributed by atoms with van der Waals surface area (Å²) in [6.45, 7) is 3.73. The van der Waals surface area contributed by atoms with E-state index in [0.29, 0.717) is 0 Å². The quantitative estimate of drug-likeness (QED) is 0.894. The maximum absolute atomic E-state index is 11.8. The van der Waals surface area contributed by atoms with Crippen LogP contribution in [0.2, 0.25) is 0 Å². The zero-order chi connectivity index (χ0) is 14.5. The molecule has 2 amide bonds. The van der Waals surface area contributed by atoms with Crippen molar-refractivity contribution >= 4 is 29.2 Å². The van der Waals surface area contributed by atoms with Gasteiger partial charge in [0.05, 0.1) is 24.5 Å². The molecular formula is C13H14N4O2S. The Labute approximate surface area is 120 Å². The predicted molar refractivity (Wildman–Crippen MR) is 76.8 cm³/mol. The Balaban J connectivity index is 1.92. The summed E-state index contributed by atoms with van der Waals surface area (Å²) in [5, 5.41) is 5.29. The average Bonchev–Trinajstić information content (AvgIpc) is 2.94. The Morgan fingerprint density at radius 2 is 1.95 bits per heavy atom. The van der Waals surface area contributed by atoms with Gasteiger partial charge in [-0.1, -0.05) is 18.2 Å². The van der Waals surface area contributed by atoms with Crippen LogP contribution in [-0.4, -0.2) is 27.1 Å². The van der Waals surface area contributed by atoms with E-state index in [-0.39, 0.29) is 18.1 Å². The molecule has 7 heteroatoms. The van der Waals surface area contributed by atoms with Crippen LogP contribution in [0.25, 0.3) is 0 Å². The number of amides is 2. The van der Waals surface area contributed by atoms with Crippen molar-refractivity contribution in [3.05, 3.63) is 41.2 Å². The van der Waals surface area contributed by atoms with E-state index in [1.165, 1.54) is 6.20 Å². The summed E-state index contributed by atoms with van der Waals surface area (Å²) >= 11 is 0.947. The Bertz CT molecular complexity index is 605. The lowest BCUT2D eigenvalue weighted by Gasteiger charge is -2.11. The molecule has 2 aromatic rings. The van der Waals surface area contributed by atoms with Crippen molar-refractivity contribution in [2.24, 2.45) is 0 Å². The molecule has 2 rings (SSSR count). The molecule has 0 aliphatic rings. The first-order chi connectivity index (χ1) is 9.58. The fourth-order valence-corrected chi connectivity index (χ4v) is 2.12. The summed E-state index contributed by atoms with van der Waals surface area (Å²) in [6.07, 6.45) is 1.36. The zero-order valence-corrected chi connectivity index (χ0v) is 12.0. The van der Waals surface area contributed by atoms with Gasteiger partial charge in [-0.25, -0.2) is 0 Å². The molecule has 0 atom stereocenters. The van der Waals surface area contributed by atoms with Crippen LogP contribution in [0.5, 0.6) is 0 Å². The highest BCUT2D eigenvalue weighted by atomic mass is 32.1. The first kappa shape index (κ1) is 14.1. The highest BCUT2D eigenvalue weighted by molar-refractivity contribution is 6.99. The molecule has 0 fully saturated rings. The number of benzene rings is 1. The summed E-state index contributed by atoms with van der Waals surface area (Å²) in [7, 11) is 0. The van der Waals surface area contributed by atoms with Crippen LogP contribution >= 0.6 is 11.7 Å². The Morgan fingerprint density at radius 1 is 1.25 bits per heavy atom. The minimum absolute atomic E-state index is 0.107. The lowest BCUT2D eigenvalue weighted by Crippen LogP contribution is -2.33. The fourth-order valence-electron chi connectivity index (χ4n) is 1.71. The minimum atomic E-state index is -0.407. The predicted octanol–water partition coefficient (Wildman–Crippen LogP) is 1.52. The van der Waals surface area contributed by atoms with Gasteiger partial charge in [0.25, 0.3) is 5.91 Å². The van der Waals surface area contributed by atoms with Crippen LogP contribution < -0.4 is 10.6 Å². The Kier molecular flexibility index (Phi) is 4.41. The third-order valence-electron chi connectivity index (χ3n) is 2.75. The van der Waals surface area contributed by atoms with Crippen molar-refractivity contribution in [3.8, 4) is 0 Å². The Hall–Kier alpha value is -2.28. The number of anilines is 1. The van der Waals surface area contributed by atoms with E-state index in [2.05, 4.69) is 19.4 Å². The minimum Gasteiger partial charge on any atom is -0.342 e.